The Kier molecular flexibility index (Phi) is 6.01. The van der Waals surface area contributed by atoms with Gasteiger partial charge in [0.15, 0.2) is 17.5 Å². The third kappa shape index (κ3) is 4.80. The van der Waals surface area contributed by atoms with Crippen molar-refractivity contribution >= 4 is 35.0 Å². The predicted molar refractivity (Wildman–Crippen MR) is 115 cm³/mol. The fourth-order valence-electron chi connectivity index (χ4n) is 3.04. The monoisotopic (exact) mass is 431 g/mol. The molecule has 3 aromatic rings. The summed E-state index contributed by atoms with van der Waals surface area (Å²) in [5, 5.41) is 26.1. The lowest BCUT2D eigenvalue weighted by Crippen LogP contribution is -2.14. The maximum atomic E-state index is 13.2. The summed E-state index contributed by atoms with van der Waals surface area (Å²) in [6.07, 6.45) is 2.33. The third-order valence-corrected chi connectivity index (χ3v) is 5.19. The maximum Gasteiger partial charge on any atom is 0.227 e. The van der Waals surface area contributed by atoms with E-state index in [-0.39, 0.29) is 25.0 Å². The normalized spacial score (nSPS) is 14.4. The van der Waals surface area contributed by atoms with Crippen LogP contribution in [-0.2, 0) is 0 Å². The van der Waals surface area contributed by atoms with Crippen molar-refractivity contribution in [2.24, 2.45) is 0 Å². The zero-order chi connectivity index (χ0) is 21.1. The average Bonchev–Trinajstić information content (AvgIpc) is 3.48. The molecule has 1 atom stereocenters. The molecule has 10 heteroatoms. The van der Waals surface area contributed by atoms with Crippen LogP contribution in [-0.4, -0.2) is 38.4 Å². The minimum Gasteiger partial charge on any atom is -0.395 e. The topological polar surface area (TPSA) is 111 Å². The van der Waals surface area contributed by atoms with Crippen molar-refractivity contribution in [3.8, 4) is 0 Å². The highest BCUT2D eigenvalue weighted by Crippen LogP contribution is 2.40. The van der Waals surface area contributed by atoms with Gasteiger partial charge in [-0.05, 0) is 37.5 Å². The van der Waals surface area contributed by atoms with Crippen LogP contribution in [0.1, 0.15) is 43.0 Å². The van der Waals surface area contributed by atoms with Gasteiger partial charge in [-0.25, -0.2) is 4.39 Å². The van der Waals surface area contributed by atoms with Gasteiger partial charge < -0.3 is 21.1 Å². The molecule has 1 fully saturated rings. The van der Waals surface area contributed by atoms with Gasteiger partial charge in [0, 0.05) is 24.2 Å². The highest BCUT2D eigenvalue weighted by Gasteiger charge is 2.26. The van der Waals surface area contributed by atoms with E-state index in [2.05, 4.69) is 36.1 Å². The molecule has 1 aliphatic carbocycles. The van der Waals surface area contributed by atoms with Crippen molar-refractivity contribution < 1.29 is 9.50 Å². The van der Waals surface area contributed by atoms with Crippen LogP contribution in [0.4, 0.5) is 27.8 Å². The number of aliphatic hydroxyl groups excluding tert-OH is 1. The van der Waals surface area contributed by atoms with E-state index in [1.807, 2.05) is 13.0 Å². The van der Waals surface area contributed by atoms with Crippen LogP contribution in [0.15, 0.2) is 30.3 Å². The summed E-state index contributed by atoms with van der Waals surface area (Å²) in [6.45, 7) is 2.15. The molecule has 4 rings (SSSR count). The first-order valence-corrected chi connectivity index (χ1v) is 10.2. The Bertz CT molecular complexity index is 1010. The summed E-state index contributed by atoms with van der Waals surface area (Å²) in [5.74, 6) is 1.97. The Morgan fingerprint density at radius 3 is 2.67 bits per heavy atom. The minimum atomic E-state index is -0.291. The molecule has 0 bridgehead atoms. The van der Waals surface area contributed by atoms with Gasteiger partial charge in [0.25, 0.3) is 0 Å². The standard InChI is InChI=1S/C20H23ClFN7O/c1-11(12-4-6-14(22)7-5-12)24-20-26-18(23-8-9-30)17(21)19(27-20)25-16-10-15(28-29-16)13-2-3-13/h4-7,10-11,13,30H,2-3,8-9H2,1H3,(H4,23,24,25,26,27,28,29)/t11-/m0/s1. The van der Waals surface area contributed by atoms with E-state index >= 15 is 0 Å². The molecular weight excluding hydrogens is 409 g/mol. The summed E-state index contributed by atoms with van der Waals surface area (Å²) >= 11 is 6.48. The van der Waals surface area contributed by atoms with Crippen molar-refractivity contribution in [3.63, 3.8) is 0 Å². The first-order valence-electron chi connectivity index (χ1n) is 9.80. The smallest absolute Gasteiger partial charge is 0.227 e. The number of halogens is 2. The Labute approximate surface area is 178 Å². The zero-order valence-corrected chi connectivity index (χ0v) is 17.2. The van der Waals surface area contributed by atoms with E-state index in [0.717, 1.165) is 11.3 Å². The van der Waals surface area contributed by atoms with Gasteiger partial charge in [-0.3, -0.25) is 5.10 Å². The molecule has 158 valence electrons. The predicted octanol–water partition coefficient (Wildman–Crippen LogP) is 4.19. The molecule has 8 nitrogen and oxygen atoms in total. The molecule has 0 radical (unpaired) electrons. The largest absolute Gasteiger partial charge is 0.395 e. The molecule has 0 aliphatic heterocycles. The number of aromatic amines is 1. The van der Waals surface area contributed by atoms with E-state index in [4.69, 9.17) is 16.7 Å². The zero-order valence-electron chi connectivity index (χ0n) is 16.4. The molecule has 1 saturated carbocycles. The molecule has 0 unspecified atom stereocenters. The highest BCUT2D eigenvalue weighted by molar-refractivity contribution is 6.35. The number of aliphatic hydroxyl groups is 1. The number of H-pyrrole nitrogens is 1. The van der Waals surface area contributed by atoms with Crippen molar-refractivity contribution in [1.82, 2.24) is 20.2 Å². The number of rotatable bonds is 9. The fraction of sp³-hybridized carbons (Fsp3) is 0.350. The van der Waals surface area contributed by atoms with E-state index in [9.17, 15) is 4.39 Å². The van der Waals surface area contributed by atoms with Crippen LogP contribution < -0.4 is 16.0 Å². The molecule has 1 aliphatic rings. The van der Waals surface area contributed by atoms with Crippen LogP contribution in [0.2, 0.25) is 5.02 Å². The van der Waals surface area contributed by atoms with Crippen molar-refractivity contribution in [3.05, 3.63) is 52.4 Å². The number of nitrogens with zero attached hydrogens (tertiary/aromatic N) is 3. The second-order valence-corrected chi connectivity index (χ2v) is 7.61. The van der Waals surface area contributed by atoms with E-state index in [1.165, 1.54) is 25.0 Å². The number of hydrogen-bond donors (Lipinski definition) is 5. The lowest BCUT2D eigenvalue weighted by molar-refractivity contribution is 0.311. The lowest BCUT2D eigenvalue weighted by Gasteiger charge is -2.17. The first-order chi connectivity index (χ1) is 14.5. The van der Waals surface area contributed by atoms with Gasteiger partial charge in [0.05, 0.1) is 12.6 Å². The summed E-state index contributed by atoms with van der Waals surface area (Å²) in [6, 6.07) is 8.01. The van der Waals surface area contributed by atoms with Gasteiger partial charge in [-0.15, -0.1) is 0 Å². The van der Waals surface area contributed by atoms with Gasteiger partial charge in [0.1, 0.15) is 10.8 Å². The number of aromatic nitrogens is 4. The van der Waals surface area contributed by atoms with Crippen LogP contribution >= 0.6 is 11.6 Å². The molecule has 1 aromatic carbocycles. The van der Waals surface area contributed by atoms with Gasteiger partial charge in [0.2, 0.25) is 5.95 Å². The molecule has 2 heterocycles. The van der Waals surface area contributed by atoms with E-state index in [1.54, 1.807) is 12.1 Å². The summed E-state index contributed by atoms with van der Waals surface area (Å²) in [7, 11) is 0. The Hall–Kier alpha value is -2.91. The average molecular weight is 432 g/mol. The Balaban J connectivity index is 1.58. The highest BCUT2D eigenvalue weighted by atomic mass is 35.5. The number of benzene rings is 1. The molecule has 30 heavy (non-hydrogen) atoms. The molecule has 0 spiro atoms. The molecule has 2 aromatic heterocycles. The van der Waals surface area contributed by atoms with Gasteiger partial charge in [-0.1, -0.05) is 23.7 Å². The molecular formula is C20H23ClFN7O. The van der Waals surface area contributed by atoms with E-state index < -0.39 is 0 Å². The maximum absolute atomic E-state index is 13.2. The second kappa shape index (κ2) is 8.85. The number of hydrogen-bond acceptors (Lipinski definition) is 7. The second-order valence-electron chi connectivity index (χ2n) is 7.23. The lowest BCUT2D eigenvalue weighted by atomic mass is 10.1. The van der Waals surface area contributed by atoms with Crippen LogP contribution in [0.5, 0.6) is 0 Å². The van der Waals surface area contributed by atoms with Gasteiger partial charge in [-0.2, -0.15) is 15.1 Å². The van der Waals surface area contributed by atoms with Crippen molar-refractivity contribution in [1.29, 1.82) is 0 Å². The Morgan fingerprint density at radius 2 is 1.97 bits per heavy atom. The minimum absolute atomic E-state index is 0.0675. The summed E-state index contributed by atoms with van der Waals surface area (Å²) in [4.78, 5) is 8.91. The van der Waals surface area contributed by atoms with Crippen LogP contribution in [0.25, 0.3) is 0 Å². The van der Waals surface area contributed by atoms with Crippen molar-refractivity contribution in [2.75, 3.05) is 29.1 Å². The summed E-state index contributed by atoms with van der Waals surface area (Å²) in [5.41, 5.74) is 1.97. The quantitative estimate of drug-likeness (QED) is 0.345. The molecule has 0 amide bonds. The van der Waals surface area contributed by atoms with Crippen LogP contribution in [0, 0.1) is 5.82 Å². The SMILES string of the molecule is C[C@H](Nc1nc(NCCO)c(Cl)c(Nc2cc(C3CC3)[nH]n2)n1)c1ccc(F)cc1. The number of anilines is 4. The van der Waals surface area contributed by atoms with E-state index in [0.29, 0.717) is 34.3 Å². The molecule has 5 N–H and O–H groups in total. The first kappa shape index (κ1) is 20.4. The third-order valence-electron chi connectivity index (χ3n) is 4.83. The number of nitrogens with one attached hydrogen (secondary N) is 4. The Morgan fingerprint density at radius 1 is 1.23 bits per heavy atom. The summed E-state index contributed by atoms with van der Waals surface area (Å²) < 4.78 is 13.2. The van der Waals surface area contributed by atoms with Gasteiger partial charge >= 0.3 is 0 Å². The van der Waals surface area contributed by atoms with Crippen LogP contribution in [0.3, 0.4) is 0 Å². The molecule has 0 saturated heterocycles. The van der Waals surface area contributed by atoms with Crippen molar-refractivity contribution in [2.45, 2.75) is 31.7 Å². The fourth-order valence-corrected chi connectivity index (χ4v) is 3.24.